The lowest BCUT2D eigenvalue weighted by Gasteiger charge is -2.14. The quantitative estimate of drug-likeness (QED) is 0.387. The van der Waals surface area contributed by atoms with Crippen LogP contribution in [0, 0.1) is 0 Å². The van der Waals surface area contributed by atoms with Gasteiger partial charge in [0.2, 0.25) is 5.91 Å². The number of urea groups is 1. The second-order valence-electron chi connectivity index (χ2n) is 6.81. The third-order valence-corrected chi connectivity index (χ3v) is 5.29. The van der Waals surface area contributed by atoms with Crippen LogP contribution in [0.3, 0.4) is 0 Å². The number of carbonyl (C=O) groups excluding carboxylic acids is 3. The number of imide groups is 1. The van der Waals surface area contributed by atoms with Crippen LogP contribution in [0.2, 0.25) is 0 Å². The molecule has 2 aromatic rings. The van der Waals surface area contributed by atoms with Crippen molar-refractivity contribution in [1.29, 1.82) is 0 Å². The average molecular weight is 518 g/mol. The lowest BCUT2D eigenvalue weighted by atomic mass is 10.1. The van der Waals surface area contributed by atoms with Gasteiger partial charge in [0.25, 0.3) is 5.91 Å². The van der Waals surface area contributed by atoms with Gasteiger partial charge in [-0.15, -0.1) is 0 Å². The summed E-state index contributed by atoms with van der Waals surface area (Å²) in [5, 5.41) is 5.16. The largest absolute Gasteiger partial charge is 0.495 e. The summed E-state index contributed by atoms with van der Waals surface area (Å²) in [5.74, 6) is 0.386. The third kappa shape index (κ3) is 5.64. The van der Waals surface area contributed by atoms with Gasteiger partial charge < -0.3 is 24.8 Å². The number of rotatable bonds is 9. The Balaban J connectivity index is 1.78. The molecule has 0 radical (unpaired) electrons. The predicted octanol–water partition coefficient (Wildman–Crippen LogP) is 3.79. The van der Waals surface area contributed by atoms with Crippen molar-refractivity contribution in [3.05, 3.63) is 52.1 Å². The highest BCUT2D eigenvalue weighted by Crippen LogP contribution is 2.35. The zero-order valence-corrected chi connectivity index (χ0v) is 20.0. The fraction of sp³-hybridized carbons (Fsp3) is 0.261. The van der Waals surface area contributed by atoms with Crippen LogP contribution in [0.25, 0.3) is 6.08 Å². The van der Waals surface area contributed by atoms with Crippen LogP contribution in [0.1, 0.15) is 19.4 Å². The van der Waals surface area contributed by atoms with Crippen molar-refractivity contribution in [2.45, 2.75) is 13.8 Å². The monoisotopic (exact) mass is 517 g/mol. The van der Waals surface area contributed by atoms with E-state index in [4.69, 9.17) is 14.2 Å². The predicted molar refractivity (Wildman–Crippen MR) is 126 cm³/mol. The molecule has 10 heteroatoms. The van der Waals surface area contributed by atoms with Crippen LogP contribution in [0.15, 0.2) is 46.6 Å². The van der Waals surface area contributed by atoms with Gasteiger partial charge in [-0.25, -0.2) is 9.69 Å². The minimum absolute atomic E-state index is 0.0393. The molecule has 0 aromatic heterocycles. The van der Waals surface area contributed by atoms with Gasteiger partial charge >= 0.3 is 6.03 Å². The van der Waals surface area contributed by atoms with Gasteiger partial charge in [-0.3, -0.25) is 9.59 Å². The molecule has 9 nitrogen and oxygen atoms in total. The van der Waals surface area contributed by atoms with Crippen LogP contribution in [-0.2, 0) is 9.59 Å². The number of carbonyl (C=O) groups is 3. The van der Waals surface area contributed by atoms with Crippen LogP contribution < -0.4 is 24.8 Å². The highest BCUT2D eigenvalue weighted by atomic mass is 79.9. The lowest BCUT2D eigenvalue weighted by Crippen LogP contribution is -2.38. The van der Waals surface area contributed by atoms with Crippen molar-refractivity contribution >= 4 is 45.5 Å². The second-order valence-corrected chi connectivity index (χ2v) is 7.67. The number of ether oxygens (including phenoxy) is 3. The van der Waals surface area contributed by atoms with Crippen LogP contribution >= 0.6 is 15.9 Å². The first-order chi connectivity index (χ1) is 15.9. The Kier molecular flexibility index (Phi) is 7.94. The number of anilines is 1. The molecule has 0 spiro atoms. The average Bonchev–Trinajstić information content (AvgIpc) is 3.04. The molecule has 3 rings (SSSR count). The molecule has 1 saturated heterocycles. The Hall–Kier alpha value is -3.53. The molecule has 1 aliphatic heterocycles. The molecule has 174 valence electrons. The maximum atomic E-state index is 12.8. The number of hydrogen-bond donors (Lipinski definition) is 2. The Bertz CT molecular complexity index is 1100. The Morgan fingerprint density at radius 2 is 1.76 bits per heavy atom. The molecule has 1 aliphatic rings. The summed E-state index contributed by atoms with van der Waals surface area (Å²) in [6.45, 7) is 4.17. The first-order valence-electron chi connectivity index (χ1n) is 10.2. The fourth-order valence-corrected chi connectivity index (χ4v) is 3.59. The SMILES string of the molecule is CCOc1cc(Br)c(/C=C2/NC(=O)N(CC(=O)Nc3ccccc3OC)C2=O)cc1OCC. The van der Waals surface area contributed by atoms with Crippen LogP contribution in [0.4, 0.5) is 10.5 Å². The number of nitrogens with one attached hydrogen (secondary N) is 2. The molecule has 2 aromatic carbocycles. The molecule has 2 N–H and O–H groups in total. The first-order valence-corrected chi connectivity index (χ1v) is 11.0. The Morgan fingerprint density at radius 3 is 2.42 bits per heavy atom. The smallest absolute Gasteiger partial charge is 0.329 e. The van der Waals surface area contributed by atoms with Gasteiger partial charge in [0.1, 0.15) is 18.0 Å². The van der Waals surface area contributed by atoms with E-state index < -0.39 is 24.4 Å². The maximum Gasteiger partial charge on any atom is 0.329 e. The highest BCUT2D eigenvalue weighted by molar-refractivity contribution is 9.10. The molecular weight excluding hydrogens is 494 g/mol. The number of nitrogens with zero attached hydrogens (tertiary/aromatic N) is 1. The molecular formula is C23H24BrN3O6. The van der Waals surface area contributed by atoms with E-state index >= 15 is 0 Å². The van der Waals surface area contributed by atoms with Crippen molar-refractivity contribution in [2.24, 2.45) is 0 Å². The van der Waals surface area contributed by atoms with Crippen LogP contribution in [-0.4, -0.2) is 49.6 Å². The van der Waals surface area contributed by atoms with Crippen molar-refractivity contribution in [3.63, 3.8) is 0 Å². The summed E-state index contributed by atoms with van der Waals surface area (Å²) in [5.41, 5.74) is 1.08. The molecule has 0 aliphatic carbocycles. The van der Waals surface area contributed by atoms with Gasteiger partial charge in [0, 0.05) is 4.47 Å². The molecule has 0 atom stereocenters. The minimum atomic E-state index is -0.687. The van der Waals surface area contributed by atoms with E-state index in [0.717, 1.165) is 4.90 Å². The number of para-hydroxylation sites is 2. The van der Waals surface area contributed by atoms with Gasteiger partial charge in [-0.05, 0) is 49.8 Å². The topological polar surface area (TPSA) is 106 Å². The Morgan fingerprint density at radius 1 is 1.09 bits per heavy atom. The normalized spacial score (nSPS) is 14.3. The second kappa shape index (κ2) is 10.9. The number of halogens is 1. The number of methoxy groups -OCH3 is 1. The molecule has 4 amide bonds. The fourth-order valence-electron chi connectivity index (χ4n) is 3.15. The van der Waals surface area contributed by atoms with E-state index in [0.29, 0.717) is 46.2 Å². The lowest BCUT2D eigenvalue weighted by molar-refractivity contribution is -0.127. The molecule has 33 heavy (non-hydrogen) atoms. The van der Waals surface area contributed by atoms with E-state index in [1.807, 2.05) is 13.8 Å². The summed E-state index contributed by atoms with van der Waals surface area (Å²) in [6, 6.07) is 9.61. The summed E-state index contributed by atoms with van der Waals surface area (Å²) in [7, 11) is 1.48. The molecule has 0 saturated carbocycles. The number of benzene rings is 2. The zero-order chi connectivity index (χ0) is 24.0. The summed E-state index contributed by atoms with van der Waals surface area (Å²) >= 11 is 3.46. The maximum absolute atomic E-state index is 12.8. The first kappa shape index (κ1) is 24.1. The van der Waals surface area contributed by atoms with Gasteiger partial charge in [0.15, 0.2) is 11.5 Å². The van der Waals surface area contributed by atoms with E-state index in [-0.39, 0.29) is 5.70 Å². The van der Waals surface area contributed by atoms with Crippen molar-refractivity contribution in [2.75, 3.05) is 32.2 Å². The van der Waals surface area contributed by atoms with E-state index in [1.54, 1.807) is 36.4 Å². The van der Waals surface area contributed by atoms with E-state index in [2.05, 4.69) is 26.6 Å². The molecule has 1 fully saturated rings. The molecule has 1 heterocycles. The standard InChI is InChI=1S/C23H24BrN3O6/c1-4-32-19-11-14(15(24)12-20(19)33-5-2)10-17-22(29)27(23(30)26-17)13-21(28)25-16-8-6-7-9-18(16)31-3/h6-12H,4-5,13H2,1-3H3,(H,25,28)(H,26,30)/b17-10+. The molecule has 0 bridgehead atoms. The minimum Gasteiger partial charge on any atom is -0.495 e. The molecule has 0 unspecified atom stereocenters. The van der Waals surface area contributed by atoms with Gasteiger partial charge in [-0.2, -0.15) is 0 Å². The summed E-state index contributed by atoms with van der Waals surface area (Å²) < 4.78 is 17.1. The Labute approximate surface area is 199 Å². The highest BCUT2D eigenvalue weighted by Gasteiger charge is 2.35. The number of amides is 4. The third-order valence-electron chi connectivity index (χ3n) is 4.61. The number of hydrogen-bond acceptors (Lipinski definition) is 6. The summed E-state index contributed by atoms with van der Waals surface area (Å²) in [6.07, 6.45) is 1.51. The van der Waals surface area contributed by atoms with Crippen LogP contribution in [0.5, 0.6) is 17.2 Å². The van der Waals surface area contributed by atoms with Crippen molar-refractivity contribution < 1.29 is 28.6 Å². The van der Waals surface area contributed by atoms with Gasteiger partial charge in [0.05, 0.1) is 26.0 Å². The van der Waals surface area contributed by atoms with Gasteiger partial charge in [-0.1, -0.05) is 28.1 Å². The summed E-state index contributed by atoms with van der Waals surface area (Å²) in [4.78, 5) is 38.5. The zero-order valence-electron chi connectivity index (χ0n) is 18.4. The van der Waals surface area contributed by atoms with E-state index in [9.17, 15) is 14.4 Å². The van der Waals surface area contributed by atoms with Crippen molar-refractivity contribution in [3.8, 4) is 17.2 Å². The van der Waals surface area contributed by atoms with E-state index in [1.165, 1.54) is 13.2 Å². The van der Waals surface area contributed by atoms with Crippen molar-refractivity contribution in [1.82, 2.24) is 10.2 Å².